The number of aryl methyl sites for hydroxylation is 1. The zero-order valence-electron chi connectivity index (χ0n) is 34.2. The Kier molecular flexibility index (Phi) is 12.0. The number of carbonyl (C=O) groups excluding carboxylic acids is 4. The van der Waals surface area contributed by atoms with E-state index in [0.717, 1.165) is 21.5 Å². The van der Waals surface area contributed by atoms with E-state index >= 15 is 0 Å². The summed E-state index contributed by atoms with van der Waals surface area (Å²) < 4.78 is 46.0. The van der Waals surface area contributed by atoms with E-state index in [9.17, 15) is 27.6 Å². The van der Waals surface area contributed by atoms with Crippen LogP contribution in [0, 0.1) is 12.8 Å². The third kappa shape index (κ3) is 9.98. The van der Waals surface area contributed by atoms with E-state index in [1.165, 1.54) is 16.2 Å². The number of rotatable bonds is 9. The van der Waals surface area contributed by atoms with Gasteiger partial charge in [0, 0.05) is 35.8 Å². The van der Waals surface area contributed by atoms with Crippen molar-refractivity contribution in [3.05, 3.63) is 47.4 Å². The zero-order chi connectivity index (χ0) is 42.3. The quantitative estimate of drug-likeness (QED) is 0.219. The van der Waals surface area contributed by atoms with E-state index in [0.29, 0.717) is 36.5 Å². The molecule has 0 radical (unpaired) electrons. The molecule has 18 heteroatoms. The molecule has 4 N–H and O–H groups in total. The molecule has 3 aromatic rings. The monoisotopic (exact) mass is 851 g/mol. The zero-order valence-corrected chi connectivity index (χ0v) is 35.8. The summed E-state index contributed by atoms with van der Waals surface area (Å²) in [5.41, 5.74) is -0.147. The summed E-state index contributed by atoms with van der Waals surface area (Å²) >= 11 is 1.46. The van der Waals surface area contributed by atoms with Gasteiger partial charge in [0.25, 0.3) is 5.91 Å². The lowest BCUT2D eigenvalue weighted by Gasteiger charge is -2.30. The number of thiazole rings is 1. The van der Waals surface area contributed by atoms with Crippen molar-refractivity contribution in [1.29, 1.82) is 0 Å². The van der Waals surface area contributed by atoms with Crippen LogP contribution in [0.25, 0.3) is 22.2 Å². The molecule has 2 saturated carbocycles. The highest BCUT2D eigenvalue weighted by Crippen LogP contribution is 2.46. The summed E-state index contributed by atoms with van der Waals surface area (Å²) in [6.45, 7) is 11.6. The van der Waals surface area contributed by atoms with Crippen molar-refractivity contribution < 1.29 is 41.8 Å². The highest BCUT2D eigenvalue weighted by atomic mass is 32.2. The predicted octanol–water partition coefficient (Wildman–Crippen LogP) is 4.58. The lowest BCUT2D eigenvalue weighted by molar-refractivity contribution is -0.141. The van der Waals surface area contributed by atoms with Crippen molar-refractivity contribution in [3.8, 4) is 17.3 Å². The van der Waals surface area contributed by atoms with Gasteiger partial charge in [0.15, 0.2) is 5.13 Å². The van der Waals surface area contributed by atoms with Crippen LogP contribution in [0.2, 0.25) is 0 Å². The first kappa shape index (κ1) is 42.3. The second-order valence-corrected chi connectivity index (χ2v) is 20.0. The number of carbonyl (C=O) groups is 4. The highest BCUT2D eigenvalue weighted by Gasteiger charge is 2.62. The van der Waals surface area contributed by atoms with Crippen molar-refractivity contribution in [2.45, 2.75) is 121 Å². The number of aromatic nitrogens is 2. The van der Waals surface area contributed by atoms with E-state index in [1.54, 1.807) is 32.9 Å². The molecule has 2 aliphatic heterocycles. The molecule has 4 amide bonds. The molecule has 4 aliphatic rings. The van der Waals surface area contributed by atoms with Gasteiger partial charge in [0.05, 0.1) is 24.1 Å². The second-order valence-electron chi connectivity index (χ2n) is 17.1. The number of amides is 4. The van der Waals surface area contributed by atoms with E-state index in [1.807, 2.05) is 50.4 Å². The third-order valence-electron chi connectivity index (χ3n) is 10.6. The minimum atomic E-state index is -3.93. The van der Waals surface area contributed by atoms with Gasteiger partial charge in [-0.05, 0) is 91.2 Å². The fourth-order valence-electron chi connectivity index (χ4n) is 7.44. The van der Waals surface area contributed by atoms with E-state index in [2.05, 4.69) is 20.7 Å². The summed E-state index contributed by atoms with van der Waals surface area (Å²) in [6, 6.07) is 5.76. The third-order valence-corrected chi connectivity index (χ3v) is 13.2. The topological polar surface area (TPSA) is 207 Å². The first-order valence-corrected chi connectivity index (χ1v) is 22.6. The van der Waals surface area contributed by atoms with Gasteiger partial charge in [-0.3, -0.25) is 19.1 Å². The molecule has 318 valence electrons. The maximum atomic E-state index is 14.6. The van der Waals surface area contributed by atoms with Gasteiger partial charge < -0.3 is 35.1 Å². The molecule has 59 heavy (non-hydrogen) atoms. The average molecular weight is 852 g/mol. The highest BCUT2D eigenvalue weighted by molar-refractivity contribution is 7.91. The first-order valence-electron chi connectivity index (χ1n) is 20.1. The van der Waals surface area contributed by atoms with Gasteiger partial charge in [-0.2, -0.15) is 0 Å². The van der Waals surface area contributed by atoms with Crippen LogP contribution in [0.15, 0.2) is 41.8 Å². The molecule has 5 atom stereocenters. The lowest BCUT2D eigenvalue weighted by atomic mass is 10.1. The second kappa shape index (κ2) is 16.7. The number of benzene rings is 1. The Bertz CT molecular complexity index is 2250. The molecular weight excluding hydrogens is 799 g/mol. The molecule has 1 aromatic carbocycles. The van der Waals surface area contributed by atoms with E-state index in [4.69, 9.17) is 24.2 Å². The van der Waals surface area contributed by atoms with Crippen LogP contribution < -0.4 is 25.4 Å². The normalized spacial score (nSPS) is 25.8. The number of anilines is 1. The summed E-state index contributed by atoms with van der Waals surface area (Å²) in [6.07, 6.45) is 3.57. The maximum Gasteiger partial charge on any atom is 0.408 e. The number of nitrogens with zero attached hydrogens (tertiary/aromatic N) is 3. The van der Waals surface area contributed by atoms with Crippen molar-refractivity contribution in [3.63, 3.8) is 0 Å². The first-order chi connectivity index (χ1) is 27.9. The molecule has 3 fully saturated rings. The predicted molar refractivity (Wildman–Crippen MR) is 222 cm³/mol. The number of pyridine rings is 1. The number of sulfonamides is 1. The molecule has 2 unspecified atom stereocenters. The minimum absolute atomic E-state index is 0.0108. The Labute approximate surface area is 348 Å². The van der Waals surface area contributed by atoms with Crippen LogP contribution in [0.5, 0.6) is 5.88 Å². The Morgan fingerprint density at radius 3 is 2.61 bits per heavy atom. The SMILES string of the molecule is Cc1ccc2c(OC3C[C@H]4C(=O)N[C@]5(C(=O)NS(=O)(=O)C6CC6)CC5/C=C\COCCC[C@H](NC(=O)OC(C)(C)C)C(=O)N4C3)nc(-c3csc(NC(C)C)n3)cc2c1. The summed E-state index contributed by atoms with van der Waals surface area (Å²) in [7, 11) is -3.93. The molecular formula is C41H53N7O9S2. The Morgan fingerprint density at radius 2 is 1.88 bits per heavy atom. The number of nitrogens with one attached hydrogen (secondary N) is 4. The van der Waals surface area contributed by atoms with Gasteiger partial charge in [-0.25, -0.2) is 23.2 Å². The van der Waals surface area contributed by atoms with Crippen LogP contribution in [0.4, 0.5) is 9.93 Å². The van der Waals surface area contributed by atoms with Crippen molar-refractivity contribution >= 4 is 61.1 Å². The molecule has 2 aromatic heterocycles. The summed E-state index contributed by atoms with van der Waals surface area (Å²) in [5, 5.41) is 12.5. The molecule has 2 aliphatic carbocycles. The van der Waals surface area contributed by atoms with Gasteiger partial charge >= 0.3 is 6.09 Å². The largest absolute Gasteiger partial charge is 0.472 e. The van der Waals surface area contributed by atoms with Crippen molar-refractivity contribution in [1.82, 2.24) is 30.2 Å². The van der Waals surface area contributed by atoms with Crippen LogP contribution in [-0.4, -0.2) is 107 Å². The Morgan fingerprint density at radius 1 is 1.10 bits per heavy atom. The minimum Gasteiger partial charge on any atom is -0.472 e. The Hall–Kier alpha value is -4.81. The molecule has 7 rings (SSSR count). The number of hydrogen-bond acceptors (Lipinski definition) is 13. The van der Waals surface area contributed by atoms with Crippen molar-refractivity contribution in [2.24, 2.45) is 5.92 Å². The van der Waals surface area contributed by atoms with E-state index in [-0.39, 0.29) is 45.1 Å². The molecule has 0 bridgehead atoms. The summed E-state index contributed by atoms with van der Waals surface area (Å²) in [5.74, 6) is -2.26. The molecule has 16 nitrogen and oxygen atoms in total. The van der Waals surface area contributed by atoms with Gasteiger partial charge in [0.1, 0.15) is 35.0 Å². The van der Waals surface area contributed by atoms with Crippen LogP contribution in [-0.2, 0) is 33.9 Å². The van der Waals surface area contributed by atoms with Crippen LogP contribution >= 0.6 is 11.3 Å². The molecule has 0 spiro atoms. The standard InChI is InChI=1S/C41H53N7O9S2/c1-23(2)42-38-44-32(22-58-38)31-18-25-17-24(3)11-14-29(25)35(43-31)56-27-19-33-34(49)46-41(37(51)47-59(53,54)28-12-13-28)20-26(41)9-7-15-55-16-8-10-30(36(50)48(33)21-27)45-39(52)57-40(4,5)6/h7,9,11,14,17-18,22-23,26-28,30,33H,8,10,12-13,15-16,19-21H2,1-6H3,(H,42,44)(H,45,52)(H,46,49)(H,47,51)/b9-7-/t26?,27?,30-,33-,41+/m0/s1. The van der Waals surface area contributed by atoms with Crippen molar-refractivity contribution in [2.75, 3.05) is 25.1 Å². The Balaban J connectivity index is 1.22. The number of alkyl carbamates (subject to hydrolysis) is 1. The fraction of sp³-hybridized carbons (Fsp3) is 0.561. The molecule has 4 heterocycles. The average Bonchev–Trinajstić information content (AvgIpc) is 4.03. The fourth-order valence-corrected chi connectivity index (χ4v) is 9.65. The van der Waals surface area contributed by atoms with E-state index < -0.39 is 74.3 Å². The van der Waals surface area contributed by atoms with Gasteiger partial charge in [-0.1, -0.05) is 29.8 Å². The number of fused-ring (bicyclic) bond motifs is 3. The smallest absolute Gasteiger partial charge is 0.408 e. The number of hydrogen-bond donors (Lipinski definition) is 4. The van der Waals surface area contributed by atoms with Crippen LogP contribution in [0.1, 0.15) is 78.7 Å². The molecule has 1 saturated heterocycles. The lowest BCUT2D eigenvalue weighted by Crippen LogP contribution is -2.58. The maximum absolute atomic E-state index is 14.6. The van der Waals surface area contributed by atoms with Gasteiger partial charge in [0.2, 0.25) is 27.7 Å². The summed E-state index contributed by atoms with van der Waals surface area (Å²) in [4.78, 5) is 67.1. The number of ether oxygens (including phenoxy) is 3. The van der Waals surface area contributed by atoms with Crippen LogP contribution in [0.3, 0.4) is 0 Å². The van der Waals surface area contributed by atoms with Gasteiger partial charge in [-0.15, -0.1) is 11.3 Å².